The van der Waals surface area contributed by atoms with E-state index in [2.05, 4.69) is 29.1 Å². The molecule has 0 aliphatic carbocycles. The van der Waals surface area contributed by atoms with Gasteiger partial charge in [0.2, 0.25) is 0 Å². The Labute approximate surface area is 119 Å². The lowest BCUT2D eigenvalue weighted by Gasteiger charge is -2.14. The molecule has 2 rings (SSSR count). The van der Waals surface area contributed by atoms with Gasteiger partial charge in [0.05, 0.1) is 12.7 Å². The number of rotatable bonds is 5. The van der Waals surface area contributed by atoms with Crippen molar-refractivity contribution < 1.29 is 9.53 Å². The summed E-state index contributed by atoms with van der Waals surface area (Å²) in [6.07, 6.45) is 0. The summed E-state index contributed by atoms with van der Waals surface area (Å²) in [5, 5.41) is 3.46. The largest absolute Gasteiger partial charge is 0.465 e. The molecule has 0 heterocycles. The summed E-state index contributed by atoms with van der Waals surface area (Å²) >= 11 is 0. The highest BCUT2D eigenvalue weighted by Crippen LogP contribution is 2.12. The number of benzene rings is 2. The minimum absolute atomic E-state index is 0.288. The number of esters is 1. The Hall–Kier alpha value is -2.13. The lowest BCUT2D eigenvalue weighted by atomic mass is 10.1. The first-order valence-corrected chi connectivity index (χ1v) is 6.66. The fourth-order valence-electron chi connectivity index (χ4n) is 2.01. The van der Waals surface area contributed by atoms with Crippen LogP contribution in [-0.4, -0.2) is 13.1 Å². The van der Waals surface area contributed by atoms with Gasteiger partial charge in [0.1, 0.15) is 0 Å². The normalized spacial score (nSPS) is 11.9. The second-order valence-electron chi connectivity index (χ2n) is 4.70. The predicted molar refractivity (Wildman–Crippen MR) is 79.5 cm³/mol. The van der Waals surface area contributed by atoms with Crippen molar-refractivity contribution >= 4 is 5.97 Å². The lowest BCUT2D eigenvalue weighted by molar-refractivity contribution is 0.0600. The zero-order valence-corrected chi connectivity index (χ0v) is 11.8. The Morgan fingerprint density at radius 2 is 1.75 bits per heavy atom. The van der Waals surface area contributed by atoms with Gasteiger partial charge in [-0.3, -0.25) is 0 Å². The zero-order chi connectivity index (χ0) is 14.4. The van der Waals surface area contributed by atoms with Gasteiger partial charge >= 0.3 is 5.97 Å². The van der Waals surface area contributed by atoms with Crippen LogP contribution in [0, 0.1) is 0 Å². The number of hydrogen-bond acceptors (Lipinski definition) is 3. The minimum atomic E-state index is -0.304. The molecule has 0 fully saturated rings. The van der Waals surface area contributed by atoms with Crippen LogP contribution in [0.5, 0.6) is 0 Å². The van der Waals surface area contributed by atoms with Crippen LogP contribution >= 0.6 is 0 Å². The molecule has 0 saturated heterocycles. The average Bonchev–Trinajstić information content (AvgIpc) is 2.53. The molecule has 0 unspecified atom stereocenters. The van der Waals surface area contributed by atoms with Gasteiger partial charge in [0, 0.05) is 12.6 Å². The van der Waals surface area contributed by atoms with Crippen LogP contribution in [0.4, 0.5) is 0 Å². The Bertz CT molecular complexity index is 549. The smallest absolute Gasteiger partial charge is 0.337 e. The highest BCUT2D eigenvalue weighted by atomic mass is 16.5. The van der Waals surface area contributed by atoms with E-state index < -0.39 is 0 Å². The molecule has 0 amide bonds. The Kier molecular flexibility index (Phi) is 4.91. The van der Waals surface area contributed by atoms with Crippen molar-refractivity contribution in [2.45, 2.75) is 19.5 Å². The van der Waals surface area contributed by atoms with Crippen molar-refractivity contribution in [3.63, 3.8) is 0 Å². The van der Waals surface area contributed by atoms with Gasteiger partial charge in [0.15, 0.2) is 0 Å². The molecule has 1 N–H and O–H groups in total. The standard InChI is InChI=1S/C17H19NO2/c1-13(15-6-4-3-5-7-15)18-12-14-8-10-16(11-9-14)17(19)20-2/h3-11,13,18H,12H2,1-2H3/t13-/m1/s1. The highest BCUT2D eigenvalue weighted by molar-refractivity contribution is 5.89. The summed E-state index contributed by atoms with van der Waals surface area (Å²) in [5.41, 5.74) is 2.98. The summed E-state index contributed by atoms with van der Waals surface area (Å²) < 4.78 is 4.68. The van der Waals surface area contributed by atoms with E-state index in [1.807, 2.05) is 30.3 Å². The van der Waals surface area contributed by atoms with Gasteiger partial charge in [-0.05, 0) is 30.2 Å². The molecule has 0 aliphatic heterocycles. The number of ether oxygens (including phenoxy) is 1. The van der Waals surface area contributed by atoms with E-state index in [-0.39, 0.29) is 12.0 Å². The van der Waals surface area contributed by atoms with Crippen LogP contribution in [0.25, 0.3) is 0 Å². The number of methoxy groups -OCH3 is 1. The molecule has 20 heavy (non-hydrogen) atoms. The van der Waals surface area contributed by atoms with Crippen molar-refractivity contribution in [2.24, 2.45) is 0 Å². The molecule has 0 aromatic heterocycles. The van der Waals surface area contributed by atoms with Gasteiger partial charge in [0.25, 0.3) is 0 Å². The monoisotopic (exact) mass is 269 g/mol. The zero-order valence-electron chi connectivity index (χ0n) is 11.8. The average molecular weight is 269 g/mol. The summed E-state index contributed by atoms with van der Waals surface area (Å²) in [4.78, 5) is 11.3. The highest BCUT2D eigenvalue weighted by Gasteiger charge is 2.06. The summed E-state index contributed by atoms with van der Waals surface area (Å²) in [6, 6.07) is 18.1. The molecule has 0 aliphatic rings. The van der Waals surface area contributed by atoms with E-state index in [9.17, 15) is 4.79 Å². The van der Waals surface area contributed by atoms with Crippen LogP contribution in [0.3, 0.4) is 0 Å². The fourth-order valence-corrected chi connectivity index (χ4v) is 2.01. The predicted octanol–water partition coefficient (Wildman–Crippen LogP) is 3.32. The maximum Gasteiger partial charge on any atom is 0.337 e. The van der Waals surface area contributed by atoms with E-state index in [0.717, 1.165) is 12.1 Å². The minimum Gasteiger partial charge on any atom is -0.465 e. The van der Waals surface area contributed by atoms with Gasteiger partial charge in [-0.15, -0.1) is 0 Å². The topological polar surface area (TPSA) is 38.3 Å². The number of hydrogen-bond donors (Lipinski definition) is 1. The molecule has 0 radical (unpaired) electrons. The lowest BCUT2D eigenvalue weighted by Crippen LogP contribution is -2.18. The molecule has 0 saturated carbocycles. The number of carbonyl (C=O) groups is 1. The molecule has 0 spiro atoms. The van der Waals surface area contributed by atoms with Crippen molar-refractivity contribution in [1.82, 2.24) is 5.32 Å². The molecule has 0 bridgehead atoms. The van der Waals surface area contributed by atoms with Gasteiger partial charge in [-0.25, -0.2) is 4.79 Å². The Morgan fingerprint density at radius 1 is 1.10 bits per heavy atom. The maximum atomic E-state index is 11.3. The first-order valence-electron chi connectivity index (χ1n) is 6.66. The summed E-state index contributed by atoms with van der Waals surface area (Å²) in [5.74, 6) is -0.304. The van der Waals surface area contributed by atoms with Crippen molar-refractivity contribution in [1.29, 1.82) is 0 Å². The van der Waals surface area contributed by atoms with Gasteiger partial charge < -0.3 is 10.1 Å². The van der Waals surface area contributed by atoms with Gasteiger partial charge in [-0.1, -0.05) is 42.5 Å². The third-order valence-corrected chi connectivity index (χ3v) is 3.29. The van der Waals surface area contributed by atoms with E-state index in [0.29, 0.717) is 5.56 Å². The summed E-state index contributed by atoms with van der Waals surface area (Å²) in [6.45, 7) is 2.90. The third-order valence-electron chi connectivity index (χ3n) is 3.29. The quantitative estimate of drug-likeness (QED) is 0.846. The molecule has 2 aromatic rings. The van der Waals surface area contributed by atoms with E-state index in [1.54, 1.807) is 12.1 Å². The van der Waals surface area contributed by atoms with E-state index in [4.69, 9.17) is 0 Å². The van der Waals surface area contributed by atoms with Crippen molar-refractivity contribution in [3.05, 3.63) is 71.3 Å². The van der Waals surface area contributed by atoms with Crippen LogP contribution in [-0.2, 0) is 11.3 Å². The fraction of sp³-hybridized carbons (Fsp3) is 0.235. The number of nitrogens with one attached hydrogen (secondary N) is 1. The van der Waals surface area contributed by atoms with Crippen LogP contribution in [0.1, 0.15) is 34.5 Å². The number of carbonyl (C=O) groups excluding carboxylic acids is 1. The SMILES string of the molecule is COC(=O)c1ccc(CN[C@H](C)c2ccccc2)cc1. The Morgan fingerprint density at radius 3 is 2.35 bits per heavy atom. The van der Waals surface area contributed by atoms with Crippen molar-refractivity contribution in [2.75, 3.05) is 7.11 Å². The molecule has 104 valence electrons. The molecule has 3 heteroatoms. The first-order chi connectivity index (χ1) is 9.70. The molecule has 1 atom stereocenters. The van der Waals surface area contributed by atoms with Crippen LogP contribution in [0.2, 0.25) is 0 Å². The van der Waals surface area contributed by atoms with Gasteiger partial charge in [-0.2, -0.15) is 0 Å². The van der Waals surface area contributed by atoms with E-state index >= 15 is 0 Å². The first kappa shape index (κ1) is 14.3. The Balaban J connectivity index is 1.93. The third kappa shape index (κ3) is 3.68. The van der Waals surface area contributed by atoms with Crippen molar-refractivity contribution in [3.8, 4) is 0 Å². The molecular formula is C17H19NO2. The second-order valence-corrected chi connectivity index (χ2v) is 4.70. The van der Waals surface area contributed by atoms with Crippen LogP contribution in [0.15, 0.2) is 54.6 Å². The van der Waals surface area contributed by atoms with E-state index in [1.165, 1.54) is 12.7 Å². The molecule has 3 nitrogen and oxygen atoms in total. The maximum absolute atomic E-state index is 11.3. The van der Waals surface area contributed by atoms with Crippen LogP contribution < -0.4 is 5.32 Å². The summed E-state index contributed by atoms with van der Waals surface area (Å²) in [7, 11) is 1.39. The second kappa shape index (κ2) is 6.87. The molecular weight excluding hydrogens is 250 g/mol. The molecule has 2 aromatic carbocycles.